The van der Waals surface area contributed by atoms with Gasteiger partial charge in [-0.2, -0.15) is 0 Å². The first-order valence-corrected chi connectivity index (χ1v) is 5.85. The van der Waals surface area contributed by atoms with E-state index in [1.165, 1.54) is 0 Å². The lowest BCUT2D eigenvalue weighted by Gasteiger charge is -2.10. The van der Waals surface area contributed by atoms with E-state index in [0.29, 0.717) is 0 Å². The van der Waals surface area contributed by atoms with Crippen molar-refractivity contribution >= 4 is 5.82 Å². The number of anilines is 1. The predicted molar refractivity (Wildman–Crippen MR) is 67.8 cm³/mol. The number of aryl methyl sites for hydroxylation is 1. The average Bonchev–Trinajstić information content (AvgIpc) is 2.26. The van der Waals surface area contributed by atoms with Crippen molar-refractivity contribution in [1.82, 2.24) is 14.9 Å². The molecule has 0 amide bonds. The third-order valence-corrected chi connectivity index (χ3v) is 2.37. The van der Waals surface area contributed by atoms with Crippen LogP contribution in [-0.4, -0.2) is 42.6 Å². The molecule has 1 rings (SSSR count). The summed E-state index contributed by atoms with van der Waals surface area (Å²) in [5.41, 5.74) is 1.13. The molecule has 0 aliphatic carbocycles. The number of aromatic nitrogens is 2. The first-order chi connectivity index (χ1) is 7.65. The molecular formula is C12H22N4. The molecule has 0 fully saturated rings. The molecule has 0 radical (unpaired) electrons. The molecule has 0 saturated carbocycles. The molecule has 1 heterocycles. The van der Waals surface area contributed by atoms with Gasteiger partial charge in [0.15, 0.2) is 0 Å². The molecule has 4 heteroatoms. The van der Waals surface area contributed by atoms with Crippen LogP contribution in [0.5, 0.6) is 0 Å². The minimum Gasteiger partial charge on any atom is -0.373 e. The lowest BCUT2D eigenvalue weighted by atomic mass is 10.2. The number of rotatable bonds is 6. The second kappa shape index (κ2) is 6.43. The number of nitrogens with zero attached hydrogens (tertiary/aromatic N) is 3. The quantitative estimate of drug-likeness (QED) is 0.793. The van der Waals surface area contributed by atoms with E-state index in [0.717, 1.165) is 43.1 Å². The topological polar surface area (TPSA) is 41.1 Å². The van der Waals surface area contributed by atoms with Gasteiger partial charge in [-0.25, -0.2) is 9.97 Å². The summed E-state index contributed by atoms with van der Waals surface area (Å²) in [5.74, 6) is 1.86. The molecule has 1 aromatic rings. The Labute approximate surface area is 98.1 Å². The molecule has 0 aliphatic rings. The summed E-state index contributed by atoms with van der Waals surface area (Å²) < 4.78 is 0. The average molecular weight is 222 g/mol. The molecule has 0 aromatic carbocycles. The van der Waals surface area contributed by atoms with Crippen molar-refractivity contribution in [2.75, 3.05) is 33.0 Å². The minimum atomic E-state index is 0.902. The Morgan fingerprint density at radius 3 is 2.56 bits per heavy atom. The molecule has 1 aromatic heterocycles. The van der Waals surface area contributed by atoms with Gasteiger partial charge in [-0.15, -0.1) is 0 Å². The van der Waals surface area contributed by atoms with Gasteiger partial charge in [0.1, 0.15) is 11.6 Å². The molecule has 0 aliphatic heterocycles. The number of hydrogen-bond acceptors (Lipinski definition) is 4. The highest BCUT2D eigenvalue weighted by atomic mass is 15.1. The Bertz CT molecular complexity index is 323. The van der Waals surface area contributed by atoms with Gasteiger partial charge in [0.2, 0.25) is 0 Å². The molecule has 0 bridgehead atoms. The van der Waals surface area contributed by atoms with E-state index in [-0.39, 0.29) is 0 Å². The van der Waals surface area contributed by atoms with E-state index in [1.807, 2.05) is 13.1 Å². The molecule has 1 N–H and O–H groups in total. The van der Waals surface area contributed by atoms with E-state index in [2.05, 4.69) is 41.2 Å². The molecule has 0 saturated heterocycles. The van der Waals surface area contributed by atoms with Gasteiger partial charge in [0.25, 0.3) is 0 Å². The van der Waals surface area contributed by atoms with Crippen molar-refractivity contribution in [3.05, 3.63) is 17.6 Å². The molecule has 4 nitrogen and oxygen atoms in total. The second-order valence-electron chi connectivity index (χ2n) is 4.21. The Morgan fingerprint density at radius 1 is 1.25 bits per heavy atom. The van der Waals surface area contributed by atoms with Crippen molar-refractivity contribution in [3.63, 3.8) is 0 Å². The molecule has 0 unspecified atom stereocenters. The zero-order valence-corrected chi connectivity index (χ0v) is 10.7. The summed E-state index contributed by atoms with van der Waals surface area (Å²) in [5, 5.41) is 3.09. The van der Waals surface area contributed by atoms with Crippen molar-refractivity contribution < 1.29 is 0 Å². The van der Waals surface area contributed by atoms with Crippen LogP contribution in [0.15, 0.2) is 6.07 Å². The lowest BCUT2D eigenvalue weighted by molar-refractivity contribution is 0.409. The molecular weight excluding hydrogens is 200 g/mol. The summed E-state index contributed by atoms with van der Waals surface area (Å²) in [7, 11) is 6.03. The first-order valence-electron chi connectivity index (χ1n) is 5.85. The Kier molecular flexibility index (Phi) is 5.19. The molecule has 16 heavy (non-hydrogen) atoms. The van der Waals surface area contributed by atoms with Crippen LogP contribution in [0.1, 0.15) is 24.9 Å². The van der Waals surface area contributed by atoms with Crippen molar-refractivity contribution in [1.29, 1.82) is 0 Å². The van der Waals surface area contributed by atoms with E-state index in [4.69, 9.17) is 0 Å². The van der Waals surface area contributed by atoms with Gasteiger partial charge >= 0.3 is 0 Å². The minimum absolute atomic E-state index is 0.902. The summed E-state index contributed by atoms with van der Waals surface area (Å²) in [6, 6.07) is 2.03. The summed E-state index contributed by atoms with van der Waals surface area (Å²) >= 11 is 0. The zero-order chi connectivity index (χ0) is 12.0. The SMILES string of the molecule is CCCc1cc(NC)nc(CCN(C)C)n1. The van der Waals surface area contributed by atoms with Crippen LogP contribution in [0, 0.1) is 0 Å². The highest BCUT2D eigenvalue weighted by Crippen LogP contribution is 2.08. The smallest absolute Gasteiger partial charge is 0.132 e. The van der Waals surface area contributed by atoms with Crippen LogP contribution in [0.4, 0.5) is 5.82 Å². The molecule has 0 atom stereocenters. The Morgan fingerprint density at radius 2 is 2.00 bits per heavy atom. The molecule has 90 valence electrons. The lowest BCUT2D eigenvalue weighted by Crippen LogP contribution is -2.17. The van der Waals surface area contributed by atoms with E-state index >= 15 is 0 Å². The van der Waals surface area contributed by atoms with Crippen LogP contribution >= 0.6 is 0 Å². The number of likely N-dealkylation sites (N-methyl/N-ethyl adjacent to an activating group) is 1. The van der Waals surface area contributed by atoms with Crippen molar-refractivity contribution in [2.24, 2.45) is 0 Å². The van der Waals surface area contributed by atoms with E-state index in [9.17, 15) is 0 Å². The fraction of sp³-hybridized carbons (Fsp3) is 0.667. The number of nitrogens with one attached hydrogen (secondary N) is 1. The summed E-state index contributed by atoms with van der Waals surface area (Å²) in [4.78, 5) is 11.2. The first kappa shape index (κ1) is 12.9. The van der Waals surface area contributed by atoms with E-state index in [1.54, 1.807) is 0 Å². The monoisotopic (exact) mass is 222 g/mol. The van der Waals surface area contributed by atoms with Gasteiger partial charge in [-0.1, -0.05) is 13.3 Å². The summed E-state index contributed by atoms with van der Waals surface area (Å²) in [6.45, 7) is 3.15. The van der Waals surface area contributed by atoms with Crippen LogP contribution in [0.2, 0.25) is 0 Å². The maximum Gasteiger partial charge on any atom is 0.132 e. The largest absolute Gasteiger partial charge is 0.373 e. The third-order valence-electron chi connectivity index (χ3n) is 2.37. The maximum atomic E-state index is 4.57. The standard InChI is InChI=1S/C12H22N4/c1-5-6-10-9-12(13-2)15-11(14-10)7-8-16(3)4/h9H,5-8H2,1-4H3,(H,13,14,15). The summed E-state index contributed by atoms with van der Waals surface area (Å²) in [6.07, 6.45) is 3.04. The van der Waals surface area contributed by atoms with Crippen molar-refractivity contribution in [3.8, 4) is 0 Å². The number of hydrogen-bond donors (Lipinski definition) is 1. The maximum absolute atomic E-state index is 4.57. The van der Waals surface area contributed by atoms with Gasteiger partial charge < -0.3 is 10.2 Å². The Hall–Kier alpha value is -1.16. The van der Waals surface area contributed by atoms with Gasteiger partial charge in [0, 0.05) is 31.8 Å². The zero-order valence-electron chi connectivity index (χ0n) is 10.7. The fourth-order valence-corrected chi connectivity index (χ4v) is 1.50. The van der Waals surface area contributed by atoms with Crippen LogP contribution in [-0.2, 0) is 12.8 Å². The van der Waals surface area contributed by atoms with Crippen LogP contribution in [0.25, 0.3) is 0 Å². The normalized spacial score (nSPS) is 10.8. The van der Waals surface area contributed by atoms with Crippen molar-refractivity contribution in [2.45, 2.75) is 26.2 Å². The highest BCUT2D eigenvalue weighted by molar-refractivity contribution is 5.35. The van der Waals surface area contributed by atoms with Gasteiger partial charge in [-0.05, 0) is 20.5 Å². The van der Waals surface area contributed by atoms with Gasteiger partial charge in [-0.3, -0.25) is 0 Å². The Balaban J connectivity index is 2.77. The molecule has 0 spiro atoms. The van der Waals surface area contributed by atoms with E-state index < -0.39 is 0 Å². The predicted octanol–water partition coefficient (Wildman–Crippen LogP) is 1.57. The van der Waals surface area contributed by atoms with Crippen LogP contribution < -0.4 is 5.32 Å². The third kappa shape index (κ3) is 4.14. The second-order valence-corrected chi connectivity index (χ2v) is 4.21. The van der Waals surface area contributed by atoms with Crippen LogP contribution in [0.3, 0.4) is 0 Å². The fourth-order valence-electron chi connectivity index (χ4n) is 1.50. The van der Waals surface area contributed by atoms with Gasteiger partial charge in [0.05, 0.1) is 0 Å². The highest BCUT2D eigenvalue weighted by Gasteiger charge is 2.03.